The van der Waals surface area contributed by atoms with Crippen molar-refractivity contribution in [2.45, 2.75) is 6.18 Å². The fourth-order valence-electron chi connectivity index (χ4n) is 3.75. The summed E-state index contributed by atoms with van der Waals surface area (Å²) >= 11 is 0. The molecule has 0 aliphatic heterocycles. The lowest BCUT2D eigenvalue weighted by molar-refractivity contribution is -0.137. The van der Waals surface area contributed by atoms with E-state index >= 15 is 0 Å². The van der Waals surface area contributed by atoms with Crippen molar-refractivity contribution in [1.82, 2.24) is 19.6 Å². The van der Waals surface area contributed by atoms with Gasteiger partial charge in [0.2, 0.25) is 0 Å². The van der Waals surface area contributed by atoms with Crippen LogP contribution in [-0.4, -0.2) is 25.5 Å². The van der Waals surface area contributed by atoms with E-state index in [2.05, 4.69) is 20.5 Å². The van der Waals surface area contributed by atoms with Gasteiger partial charge in [0.15, 0.2) is 5.82 Å². The van der Waals surface area contributed by atoms with Gasteiger partial charge in [-0.1, -0.05) is 12.1 Å². The average Bonchev–Trinajstić information content (AvgIpc) is 3.29. The summed E-state index contributed by atoms with van der Waals surface area (Å²) in [4.78, 5) is 17.3. The predicted molar refractivity (Wildman–Crippen MR) is 121 cm³/mol. The summed E-state index contributed by atoms with van der Waals surface area (Å²) < 4.78 is 56.1. The summed E-state index contributed by atoms with van der Waals surface area (Å²) in [6.07, 6.45) is 0.110. The molecule has 0 saturated carbocycles. The molecule has 0 unspecified atom stereocenters. The molecule has 0 fully saturated rings. The molecule has 5 rings (SSSR count). The lowest BCUT2D eigenvalue weighted by Gasteiger charge is -2.15. The monoisotopic (exact) mass is 477 g/mol. The van der Waals surface area contributed by atoms with E-state index in [9.17, 15) is 22.4 Å². The number of halogens is 4. The number of aromatic nitrogens is 4. The van der Waals surface area contributed by atoms with Crippen molar-refractivity contribution in [2.24, 2.45) is 0 Å². The maximum absolute atomic E-state index is 13.7. The SMILES string of the molecule is O=C(Nc1ccc(F)cc1)c1cc(-c2cccn3c(-c4cccnn4)ncc23)ccc1C(F)(F)F. The molecule has 3 aromatic heterocycles. The molecule has 0 aliphatic rings. The van der Waals surface area contributed by atoms with E-state index in [4.69, 9.17) is 0 Å². The minimum absolute atomic E-state index is 0.168. The molecule has 35 heavy (non-hydrogen) atoms. The van der Waals surface area contributed by atoms with Gasteiger partial charge in [0, 0.05) is 23.6 Å². The third kappa shape index (κ3) is 4.33. The van der Waals surface area contributed by atoms with Crippen LogP contribution in [0.3, 0.4) is 0 Å². The highest BCUT2D eigenvalue weighted by Gasteiger charge is 2.35. The summed E-state index contributed by atoms with van der Waals surface area (Å²) in [6.45, 7) is 0. The Morgan fingerprint density at radius 2 is 1.77 bits per heavy atom. The molecule has 5 aromatic rings. The molecule has 10 heteroatoms. The molecule has 0 spiro atoms. The Kier molecular flexibility index (Phi) is 5.48. The van der Waals surface area contributed by atoms with Gasteiger partial charge in [0.05, 0.1) is 22.8 Å². The summed E-state index contributed by atoms with van der Waals surface area (Å²) in [5, 5.41) is 10.3. The molecule has 174 valence electrons. The summed E-state index contributed by atoms with van der Waals surface area (Å²) in [5.74, 6) is -0.988. The van der Waals surface area contributed by atoms with Gasteiger partial charge in [-0.05, 0) is 60.2 Å². The Morgan fingerprint density at radius 1 is 0.971 bits per heavy atom. The van der Waals surface area contributed by atoms with Crippen LogP contribution >= 0.6 is 0 Å². The number of carbonyl (C=O) groups is 1. The molecule has 0 aliphatic carbocycles. The first kappa shape index (κ1) is 22.2. The summed E-state index contributed by atoms with van der Waals surface area (Å²) in [7, 11) is 0. The predicted octanol–water partition coefficient (Wildman–Crippen LogP) is 5.87. The molecule has 1 amide bonds. The van der Waals surface area contributed by atoms with Crippen molar-refractivity contribution in [1.29, 1.82) is 0 Å². The largest absolute Gasteiger partial charge is 0.417 e. The summed E-state index contributed by atoms with van der Waals surface area (Å²) in [5.41, 5.74) is 0.616. The van der Waals surface area contributed by atoms with E-state index in [0.29, 0.717) is 28.2 Å². The number of pyridine rings is 1. The molecular weight excluding hydrogens is 462 g/mol. The highest BCUT2D eigenvalue weighted by molar-refractivity contribution is 6.06. The van der Waals surface area contributed by atoms with Crippen LogP contribution in [0.1, 0.15) is 15.9 Å². The quantitative estimate of drug-likeness (QED) is 0.329. The van der Waals surface area contributed by atoms with Crippen LogP contribution in [0, 0.1) is 5.82 Å². The number of imidazole rings is 1. The van der Waals surface area contributed by atoms with E-state index < -0.39 is 29.0 Å². The van der Waals surface area contributed by atoms with Gasteiger partial charge in [-0.3, -0.25) is 9.20 Å². The number of benzene rings is 2. The van der Waals surface area contributed by atoms with Gasteiger partial charge in [-0.2, -0.15) is 18.3 Å². The van der Waals surface area contributed by atoms with Crippen LogP contribution in [0.15, 0.2) is 85.3 Å². The van der Waals surface area contributed by atoms with E-state index in [-0.39, 0.29) is 5.69 Å². The van der Waals surface area contributed by atoms with Gasteiger partial charge >= 0.3 is 6.18 Å². The van der Waals surface area contributed by atoms with Gasteiger partial charge in [0.1, 0.15) is 11.5 Å². The average molecular weight is 477 g/mol. The van der Waals surface area contributed by atoms with Crippen molar-refractivity contribution >= 4 is 17.1 Å². The molecule has 0 bridgehead atoms. The number of rotatable bonds is 4. The number of nitrogens with one attached hydrogen (secondary N) is 1. The van der Waals surface area contributed by atoms with Crippen LogP contribution in [-0.2, 0) is 6.18 Å². The second-order valence-corrected chi connectivity index (χ2v) is 7.59. The number of alkyl halides is 3. The van der Waals surface area contributed by atoms with Crippen molar-refractivity contribution in [3.05, 3.63) is 102 Å². The van der Waals surface area contributed by atoms with E-state index in [0.717, 1.165) is 18.2 Å². The normalized spacial score (nSPS) is 11.5. The van der Waals surface area contributed by atoms with Crippen molar-refractivity contribution in [2.75, 3.05) is 5.32 Å². The molecule has 1 N–H and O–H groups in total. The summed E-state index contributed by atoms with van der Waals surface area (Å²) in [6, 6.07) is 15.0. The Bertz CT molecular complexity index is 1530. The zero-order valence-corrected chi connectivity index (χ0v) is 17.8. The van der Waals surface area contributed by atoms with Crippen molar-refractivity contribution in [3.8, 4) is 22.6 Å². The first-order chi connectivity index (χ1) is 16.8. The molecular formula is C25H15F4N5O. The Balaban J connectivity index is 1.60. The number of fused-ring (bicyclic) bond motifs is 1. The fourth-order valence-corrected chi connectivity index (χ4v) is 3.75. The van der Waals surface area contributed by atoms with Gasteiger partial charge in [0.25, 0.3) is 5.91 Å². The van der Waals surface area contributed by atoms with Crippen LogP contribution in [0.2, 0.25) is 0 Å². The van der Waals surface area contributed by atoms with Crippen molar-refractivity contribution in [3.63, 3.8) is 0 Å². The first-order valence-electron chi connectivity index (χ1n) is 10.3. The molecule has 3 heterocycles. The maximum atomic E-state index is 13.7. The number of hydrogen-bond acceptors (Lipinski definition) is 4. The smallest absolute Gasteiger partial charge is 0.322 e. The molecule has 6 nitrogen and oxygen atoms in total. The minimum Gasteiger partial charge on any atom is -0.322 e. The van der Waals surface area contributed by atoms with Crippen LogP contribution in [0.25, 0.3) is 28.2 Å². The zero-order chi connectivity index (χ0) is 24.6. The van der Waals surface area contributed by atoms with Gasteiger partial charge < -0.3 is 5.32 Å². The third-order valence-corrected chi connectivity index (χ3v) is 5.35. The van der Waals surface area contributed by atoms with E-state index in [1.807, 2.05) is 0 Å². The van der Waals surface area contributed by atoms with Gasteiger partial charge in [-0.15, -0.1) is 5.10 Å². The van der Waals surface area contributed by atoms with Crippen LogP contribution in [0.5, 0.6) is 0 Å². The second-order valence-electron chi connectivity index (χ2n) is 7.59. The standard InChI is InChI=1S/C25H15F4N5O/c26-16-6-8-17(9-7-16)32-24(35)19-13-15(5-10-20(19)25(27,28)29)18-3-2-12-34-22(18)14-30-23(34)21-4-1-11-31-33-21/h1-14H,(H,32,35). The van der Waals surface area contributed by atoms with Crippen LogP contribution < -0.4 is 5.32 Å². The highest BCUT2D eigenvalue weighted by atomic mass is 19.4. The Labute approximate surface area is 195 Å². The number of anilines is 1. The lowest BCUT2D eigenvalue weighted by Crippen LogP contribution is -2.19. The molecule has 2 aromatic carbocycles. The topological polar surface area (TPSA) is 72.2 Å². The first-order valence-corrected chi connectivity index (χ1v) is 10.3. The fraction of sp³-hybridized carbons (Fsp3) is 0.0400. The highest BCUT2D eigenvalue weighted by Crippen LogP contribution is 2.36. The second kappa shape index (κ2) is 8.64. The molecule has 0 radical (unpaired) electrons. The zero-order valence-electron chi connectivity index (χ0n) is 17.8. The maximum Gasteiger partial charge on any atom is 0.417 e. The van der Waals surface area contributed by atoms with E-state index in [1.54, 1.807) is 41.1 Å². The Hall–Kier alpha value is -4.60. The number of nitrogens with zero attached hydrogens (tertiary/aromatic N) is 4. The number of hydrogen-bond donors (Lipinski definition) is 1. The lowest BCUT2D eigenvalue weighted by atomic mass is 9.98. The minimum atomic E-state index is -4.75. The van der Waals surface area contributed by atoms with Crippen molar-refractivity contribution < 1.29 is 22.4 Å². The Morgan fingerprint density at radius 3 is 2.49 bits per heavy atom. The number of amides is 1. The van der Waals surface area contributed by atoms with Gasteiger partial charge in [-0.25, -0.2) is 9.37 Å². The third-order valence-electron chi connectivity index (χ3n) is 5.35. The molecule has 0 atom stereocenters. The molecule has 0 saturated heterocycles. The number of carbonyl (C=O) groups excluding carboxylic acids is 1. The van der Waals surface area contributed by atoms with Crippen LogP contribution in [0.4, 0.5) is 23.2 Å². The van der Waals surface area contributed by atoms with E-state index in [1.165, 1.54) is 30.5 Å².